The number of halogens is 1. The molecule has 1 aliphatic heterocycles. The van der Waals surface area contributed by atoms with E-state index < -0.39 is 15.8 Å². The number of ether oxygens (including phenoxy) is 2. The number of nitrogens with zero attached hydrogens (tertiary/aromatic N) is 2. The summed E-state index contributed by atoms with van der Waals surface area (Å²) in [5.74, 6) is 0.873. The number of benzene rings is 3. The molecule has 0 spiro atoms. The maximum absolute atomic E-state index is 13.4. The van der Waals surface area contributed by atoms with Gasteiger partial charge >= 0.3 is 0 Å². The summed E-state index contributed by atoms with van der Waals surface area (Å²) in [6.45, 7) is 1.49. The van der Waals surface area contributed by atoms with Crippen LogP contribution >= 0.6 is 0 Å². The standard InChI is InChI=1S/C27H27FN4O4S.K/c1-35-21-9-6-19(16-18-12-14-36-15-13-18)25(17-21)31-26-27(30-24-5-3-2-4-23(24)29-26)32-37(33,34)22-10-7-20(28)8-11-22;/h2-11,17-18H,12-16H2,1H3,(H,29,31)(H,30,32);. The third-order valence-corrected chi connectivity index (χ3v) is 7.70. The molecule has 0 unspecified atom stereocenters. The number of fused-ring (bicyclic) bond motifs is 1. The zero-order valence-corrected chi connectivity index (χ0v) is 25.2. The summed E-state index contributed by atoms with van der Waals surface area (Å²) < 4.78 is 53.1. The predicted molar refractivity (Wildman–Crippen MR) is 146 cm³/mol. The number of sulfonamides is 1. The van der Waals surface area contributed by atoms with Gasteiger partial charge in [0.2, 0.25) is 0 Å². The van der Waals surface area contributed by atoms with Crippen molar-refractivity contribution in [3.63, 3.8) is 0 Å². The Kier molecular flexibility index (Phi) is 9.74. The first kappa shape index (κ1) is 28.9. The van der Waals surface area contributed by atoms with Crippen molar-refractivity contribution in [3.05, 3.63) is 78.1 Å². The van der Waals surface area contributed by atoms with Crippen molar-refractivity contribution in [2.75, 3.05) is 30.4 Å². The predicted octanol–water partition coefficient (Wildman–Crippen LogP) is 4.91. The Morgan fingerprint density at radius 3 is 2.29 bits per heavy atom. The maximum atomic E-state index is 13.4. The molecule has 0 aliphatic carbocycles. The Morgan fingerprint density at radius 2 is 1.63 bits per heavy atom. The number of nitrogens with one attached hydrogen (secondary N) is 2. The normalized spacial score (nSPS) is 14.1. The summed E-state index contributed by atoms with van der Waals surface area (Å²) in [4.78, 5) is 9.15. The number of methoxy groups -OCH3 is 1. The van der Waals surface area contributed by atoms with E-state index in [2.05, 4.69) is 20.0 Å². The molecule has 2 heterocycles. The van der Waals surface area contributed by atoms with Crippen molar-refractivity contribution < 1.29 is 22.3 Å². The molecule has 0 atom stereocenters. The minimum absolute atomic E-state index is 0. The molecule has 1 fully saturated rings. The smallest absolute Gasteiger partial charge is 0.263 e. The molecular formula is C27H27FKN4O4S. The Bertz CT molecular complexity index is 1510. The van der Waals surface area contributed by atoms with Crippen LogP contribution in [0, 0.1) is 11.7 Å². The molecule has 0 bridgehead atoms. The maximum Gasteiger partial charge on any atom is 0.263 e. The van der Waals surface area contributed by atoms with Gasteiger partial charge in [0.1, 0.15) is 11.6 Å². The average molecular weight is 562 g/mol. The quantitative estimate of drug-likeness (QED) is 0.295. The third-order valence-electron chi connectivity index (χ3n) is 6.35. The summed E-state index contributed by atoms with van der Waals surface area (Å²) in [5.41, 5.74) is 2.93. The number of hydrogen-bond acceptors (Lipinski definition) is 7. The minimum Gasteiger partial charge on any atom is -0.497 e. The topological polar surface area (TPSA) is 102 Å². The molecule has 4 aromatic rings. The fourth-order valence-electron chi connectivity index (χ4n) is 4.32. The Balaban J connectivity index is 0.00000336. The second-order valence-electron chi connectivity index (χ2n) is 8.88. The van der Waals surface area contributed by atoms with Gasteiger partial charge in [0.05, 0.1) is 23.0 Å². The molecular weight excluding hydrogens is 534 g/mol. The van der Waals surface area contributed by atoms with Crippen LogP contribution in [-0.4, -0.2) is 90.1 Å². The van der Waals surface area contributed by atoms with E-state index in [0.29, 0.717) is 22.7 Å². The molecule has 5 rings (SSSR count). The number of hydrogen-bond donors (Lipinski definition) is 2. The van der Waals surface area contributed by atoms with E-state index in [1.165, 1.54) is 12.1 Å². The van der Waals surface area contributed by atoms with Gasteiger partial charge in [-0.3, -0.25) is 4.72 Å². The Morgan fingerprint density at radius 1 is 0.974 bits per heavy atom. The monoisotopic (exact) mass is 561 g/mol. The first-order valence-corrected chi connectivity index (χ1v) is 13.5. The van der Waals surface area contributed by atoms with E-state index in [0.717, 1.165) is 55.9 Å². The number of anilines is 3. The zero-order chi connectivity index (χ0) is 25.8. The van der Waals surface area contributed by atoms with Crippen molar-refractivity contribution in [1.29, 1.82) is 0 Å². The zero-order valence-electron chi connectivity index (χ0n) is 21.3. The molecule has 1 saturated heterocycles. The van der Waals surface area contributed by atoms with Crippen molar-refractivity contribution in [1.82, 2.24) is 9.97 Å². The van der Waals surface area contributed by atoms with E-state index in [9.17, 15) is 12.8 Å². The van der Waals surface area contributed by atoms with Gasteiger partial charge in [0.15, 0.2) is 11.6 Å². The van der Waals surface area contributed by atoms with Gasteiger partial charge in [-0.1, -0.05) is 18.2 Å². The van der Waals surface area contributed by atoms with Crippen LogP contribution in [0.5, 0.6) is 5.75 Å². The van der Waals surface area contributed by atoms with Gasteiger partial charge in [-0.2, -0.15) is 0 Å². The Labute approximate surface area is 263 Å². The molecule has 193 valence electrons. The summed E-state index contributed by atoms with van der Waals surface area (Å²) in [6.07, 6.45) is 2.78. The van der Waals surface area contributed by atoms with Crippen LogP contribution in [0.3, 0.4) is 0 Å². The molecule has 0 saturated carbocycles. The first-order chi connectivity index (χ1) is 17.9. The van der Waals surface area contributed by atoms with Crippen LogP contribution < -0.4 is 14.8 Å². The second kappa shape index (κ2) is 12.8. The van der Waals surface area contributed by atoms with Crippen molar-refractivity contribution >= 4 is 89.8 Å². The fourth-order valence-corrected chi connectivity index (χ4v) is 5.33. The van der Waals surface area contributed by atoms with Crippen LogP contribution in [-0.2, 0) is 21.2 Å². The van der Waals surface area contributed by atoms with Gasteiger partial charge in [-0.05, 0) is 73.2 Å². The fraction of sp³-hybridized carbons (Fsp3) is 0.259. The molecule has 1 aliphatic rings. The second-order valence-corrected chi connectivity index (χ2v) is 10.6. The van der Waals surface area contributed by atoms with E-state index in [-0.39, 0.29) is 67.9 Å². The van der Waals surface area contributed by atoms with Crippen molar-refractivity contribution in [2.24, 2.45) is 5.92 Å². The largest absolute Gasteiger partial charge is 0.497 e. The van der Waals surface area contributed by atoms with Gasteiger partial charge in [-0.15, -0.1) is 0 Å². The summed E-state index contributed by atoms with van der Waals surface area (Å²) >= 11 is 0. The number of rotatable bonds is 8. The van der Waals surface area contributed by atoms with Gasteiger partial charge in [0, 0.05) is 76.4 Å². The molecule has 1 radical (unpaired) electrons. The van der Waals surface area contributed by atoms with Crippen LogP contribution in [0.15, 0.2) is 71.6 Å². The molecule has 0 amide bonds. The van der Waals surface area contributed by atoms with Gasteiger partial charge < -0.3 is 14.8 Å². The van der Waals surface area contributed by atoms with Crippen molar-refractivity contribution in [3.8, 4) is 5.75 Å². The summed E-state index contributed by atoms with van der Waals surface area (Å²) in [5, 5.41) is 3.31. The van der Waals surface area contributed by atoms with E-state index in [1.54, 1.807) is 25.3 Å². The van der Waals surface area contributed by atoms with E-state index >= 15 is 0 Å². The number of para-hydroxylation sites is 2. The SMILES string of the molecule is COc1ccc(CC2CCOCC2)c(Nc2nc3ccccc3nc2NS(=O)(=O)c2ccc(F)cc2)c1.[K]. The molecule has 1 aromatic heterocycles. The molecule has 8 nitrogen and oxygen atoms in total. The minimum atomic E-state index is -4.06. The van der Waals surface area contributed by atoms with Gasteiger partial charge in [-0.25, -0.2) is 22.8 Å². The summed E-state index contributed by atoms with van der Waals surface area (Å²) in [6, 6.07) is 17.6. The van der Waals surface area contributed by atoms with E-state index in [1.807, 2.05) is 24.3 Å². The third kappa shape index (κ3) is 6.89. The van der Waals surface area contributed by atoms with Crippen molar-refractivity contribution in [2.45, 2.75) is 24.2 Å². The van der Waals surface area contributed by atoms with Crippen LogP contribution in [0.1, 0.15) is 18.4 Å². The summed E-state index contributed by atoms with van der Waals surface area (Å²) in [7, 11) is -2.46. The Hall–Kier alpha value is -2.12. The van der Waals surface area contributed by atoms with Crippen LogP contribution in [0.2, 0.25) is 0 Å². The molecule has 3 aromatic carbocycles. The molecule has 11 heteroatoms. The average Bonchev–Trinajstić information content (AvgIpc) is 2.90. The molecule has 2 N–H and O–H groups in total. The number of aromatic nitrogens is 2. The first-order valence-electron chi connectivity index (χ1n) is 12.0. The van der Waals surface area contributed by atoms with Crippen LogP contribution in [0.25, 0.3) is 11.0 Å². The van der Waals surface area contributed by atoms with Crippen LogP contribution in [0.4, 0.5) is 21.7 Å². The van der Waals surface area contributed by atoms with Gasteiger partial charge in [0.25, 0.3) is 10.0 Å². The van der Waals surface area contributed by atoms with E-state index in [4.69, 9.17) is 9.47 Å². The molecule has 38 heavy (non-hydrogen) atoms.